The highest BCUT2D eigenvalue weighted by molar-refractivity contribution is 5.03. The van der Waals surface area contributed by atoms with Crippen LogP contribution in [0, 0.1) is 0 Å². The number of nitrogens with two attached hydrogens (primary N) is 1. The van der Waals surface area contributed by atoms with Crippen molar-refractivity contribution >= 4 is 0 Å². The summed E-state index contributed by atoms with van der Waals surface area (Å²) in [6, 6.07) is -0.369. The highest BCUT2D eigenvalue weighted by Gasteiger charge is 2.24. The molecule has 3 rings (SSSR count). The van der Waals surface area contributed by atoms with Gasteiger partial charge in [-0.3, -0.25) is 0 Å². The van der Waals surface area contributed by atoms with Gasteiger partial charge in [-0.05, 0) is 0 Å². The van der Waals surface area contributed by atoms with Crippen molar-refractivity contribution in [2.24, 2.45) is 5.73 Å². The van der Waals surface area contributed by atoms with Crippen LogP contribution in [0.2, 0.25) is 0 Å². The van der Waals surface area contributed by atoms with E-state index in [0.29, 0.717) is 38.0 Å². The average Bonchev–Trinajstić information content (AvgIpc) is 3.10. The zero-order chi connectivity index (χ0) is 13.1. The molecule has 0 aromatic carbocycles. The summed E-state index contributed by atoms with van der Waals surface area (Å²) < 4.78 is 16.0. The normalized spacial score (nSPS) is 21.4. The topological polar surface area (TPSA) is 112 Å². The molecule has 8 nitrogen and oxygen atoms in total. The number of aromatic nitrogens is 4. The second-order valence-corrected chi connectivity index (χ2v) is 4.31. The first-order valence-electron chi connectivity index (χ1n) is 6.08. The van der Waals surface area contributed by atoms with E-state index in [1.165, 1.54) is 0 Å². The van der Waals surface area contributed by atoms with Crippen molar-refractivity contribution in [1.82, 2.24) is 20.1 Å². The van der Waals surface area contributed by atoms with Crippen molar-refractivity contribution in [2.75, 3.05) is 19.8 Å². The van der Waals surface area contributed by atoms with Crippen molar-refractivity contribution in [2.45, 2.75) is 18.6 Å². The van der Waals surface area contributed by atoms with E-state index in [4.69, 9.17) is 19.7 Å². The summed E-state index contributed by atoms with van der Waals surface area (Å²) in [7, 11) is 0. The SMILES string of the molecule is NC(Cc1cnc[nH]1)c1nc(C2COCCO2)no1. The van der Waals surface area contributed by atoms with Gasteiger partial charge in [-0.15, -0.1) is 0 Å². The Morgan fingerprint density at radius 1 is 1.47 bits per heavy atom. The molecule has 1 saturated heterocycles. The van der Waals surface area contributed by atoms with Gasteiger partial charge in [0.05, 0.1) is 32.2 Å². The molecule has 3 heterocycles. The number of aromatic amines is 1. The monoisotopic (exact) mass is 265 g/mol. The summed E-state index contributed by atoms with van der Waals surface area (Å²) in [6.45, 7) is 1.57. The Morgan fingerprint density at radius 3 is 3.16 bits per heavy atom. The molecule has 19 heavy (non-hydrogen) atoms. The maximum atomic E-state index is 6.01. The van der Waals surface area contributed by atoms with E-state index in [0.717, 1.165) is 5.69 Å². The molecule has 0 aliphatic carbocycles. The van der Waals surface area contributed by atoms with Crippen LogP contribution in [0.5, 0.6) is 0 Å². The Hall–Kier alpha value is -1.77. The van der Waals surface area contributed by atoms with Crippen molar-refractivity contribution < 1.29 is 14.0 Å². The molecule has 1 aliphatic rings. The van der Waals surface area contributed by atoms with Gasteiger partial charge in [0.25, 0.3) is 0 Å². The Labute approximate surface area is 109 Å². The number of rotatable bonds is 4. The molecule has 0 spiro atoms. The second kappa shape index (κ2) is 5.47. The first kappa shape index (κ1) is 12.3. The molecule has 2 atom stereocenters. The first-order valence-corrected chi connectivity index (χ1v) is 6.08. The highest BCUT2D eigenvalue weighted by atomic mass is 16.6. The maximum Gasteiger partial charge on any atom is 0.244 e. The quantitative estimate of drug-likeness (QED) is 0.807. The van der Waals surface area contributed by atoms with Gasteiger partial charge in [0.2, 0.25) is 11.7 Å². The zero-order valence-corrected chi connectivity index (χ0v) is 10.3. The lowest BCUT2D eigenvalue weighted by atomic mass is 10.2. The molecule has 2 aromatic rings. The van der Waals surface area contributed by atoms with Gasteiger partial charge in [0.15, 0.2) is 0 Å². The summed E-state index contributed by atoms with van der Waals surface area (Å²) in [6.07, 6.45) is 3.61. The number of hydrogen-bond donors (Lipinski definition) is 2. The van der Waals surface area contributed by atoms with Gasteiger partial charge in [-0.2, -0.15) is 4.98 Å². The van der Waals surface area contributed by atoms with Crippen molar-refractivity contribution in [3.05, 3.63) is 29.9 Å². The number of ether oxygens (including phenoxy) is 2. The van der Waals surface area contributed by atoms with Gasteiger partial charge < -0.3 is 24.7 Å². The largest absolute Gasteiger partial charge is 0.376 e. The number of nitrogens with zero attached hydrogens (tertiary/aromatic N) is 3. The Balaban J connectivity index is 1.66. The molecule has 1 fully saturated rings. The fraction of sp³-hybridized carbons (Fsp3) is 0.545. The molecule has 102 valence electrons. The lowest BCUT2D eigenvalue weighted by Crippen LogP contribution is -2.23. The van der Waals surface area contributed by atoms with Crippen LogP contribution in [0.4, 0.5) is 0 Å². The molecular formula is C11H15N5O3. The molecule has 8 heteroatoms. The van der Waals surface area contributed by atoms with Crippen molar-refractivity contribution in [3.63, 3.8) is 0 Å². The van der Waals surface area contributed by atoms with Gasteiger partial charge in [0.1, 0.15) is 6.10 Å². The molecule has 0 radical (unpaired) electrons. The lowest BCUT2D eigenvalue weighted by Gasteiger charge is -2.19. The summed E-state index contributed by atoms with van der Waals surface area (Å²) >= 11 is 0. The number of nitrogens with one attached hydrogen (secondary N) is 1. The number of H-pyrrole nitrogens is 1. The molecule has 2 aromatic heterocycles. The summed E-state index contributed by atoms with van der Waals surface area (Å²) in [4.78, 5) is 11.2. The summed E-state index contributed by atoms with van der Waals surface area (Å²) in [5.74, 6) is 0.869. The van der Waals surface area contributed by atoms with Crippen LogP contribution in [0.25, 0.3) is 0 Å². The molecule has 0 saturated carbocycles. The summed E-state index contributed by atoms with van der Waals surface area (Å²) in [5, 5.41) is 3.89. The smallest absolute Gasteiger partial charge is 0.244 e. The second-order valence-electron chi connectivity index (χ2n) is 4.31. The predicted octanol–water partition coefficient (Wildman–Crippen LogP) is 0.123. The molecule has 1 aliphatic heterocycles. The summed E-state index contributed by atoms with van der Waals surface area (Å²) in [5.41, 5.74) is 6.93. The van der Waals surface area contributed by atoms with Gasteiger partial charge >= 0.3 is 0 Å². The minimum absolute atomic E-state index is 0.273. The van der Waals surface area contributed by atoms with E-state index in [-0.39, 0.29) is 12.1 Å². The van der Waals surface area contributed by atoms with E-state index < -0.39 is 0 Å². The first-order chi connectivity index (χ1) is 9.33. The third-order valence-electron chi connectivity index (χ3n) is 2.87. The Bertz CT molecular complexity index is 506. The van der Waals surface area contributed by atoms with Crippen LogP contribution in [0.1, 0.15) is 29.6 Å². The van der Waals surface area contributed by atoms with E-state index in [1.54, 1.807) is 12.5 Å². The van der Waals surface area contributed by atoms with Crippen molar-refractivity contribution in [3.8, 4) is 0 Å². The van der Waals surface area contributed by atoms with Crippen LogP contribution in [0.15, 0.2) is 17.0 Å². The Kier molecular flexibility index (Phi) is 3.53. The fourth-order valence-electron chi connectivity index (χ4n) is 1.89. The third-order valence-corrected chi connectivity index (χ3v) is 2.87. The Morgan fingerprint density at radius 2 is 2.42 bits per heavy atom. The molecular weight excluding hydrogens is 250 g/mol. The van der Waals surface area contributed by atoms with Crippen LogP contribution in [-0.2, 0) is 15.9 Å². The lowest BCUT2D eigenvalue weighted by molar-refractivity contribution is -0.0941. The van der Waals surface area contributed by atoms with E-state index in [9.17, 15) is 0 Å². The van der Waals surface area contributed by atoms with E-state index >= 15 is 0 Å². The average molecular weight is 265 g/mol. The van der Waals surface area contributed by atoms with Crippen LogP contribution in [0.3, 0.4) is 0 Å². The van der Waals surface area contributed by atoms with Crippen LogP contribution < -0.4 is 5.73 Å². The van der Waals surface area contributed by atoms with Gasteiger partial charge in [-0.1, -0.05) is 5.16 Å². The fourth-order valence-corrected chi connectivity index (χ4v) is 1.89. The van der Waals surface area contributed by atoms with Crippen LogP contribution >= 0.6 is 0 Å². The van der Waals surface area contributed by atoms with E-state index in [1.807, 2.05) is 0 Å². The third kappa shape index (κ3) is 2.80. The standard InChI is InChI=1S/C11H15N5O3/c12-8(3-7-4-13-6-14-7)11-15-10(16-19-11)9-5-17-1-2-18-9/h4,6,8-9H,1-3,5,12H2,(H,13,14). The molecule has 0 bridgehead atoms. The van der Waals surface area contributed by atoms with Crippen LogP contribution in [-0.4, -0.2) is 39.9 Å². The van der Waals surface area contributed by atoms with Gasteiger partial charge in [-0.25, -0.2) is 4.98 Å². The minimum atomic E-state index is -0.369. The molecule has 0 amide bonds. The number of imidazole rings is 1. The van der Waals surface area contributed by atoms with Gasteiger partial charge in [0, 0.05) is 18.3 Å². The molecule has 2 unspecified atom stereocenters. The van der Waals surface area contributed by atoms with E-state index in [2.05, 4.69) is 20.1 Å². The van der Waals surface area contributed by atoms with Crippen molar-refractivity contribution in [1.29, 1.82) is 0 Å². The number of hydrogen-bond acceptors (Lipinski definition) is 7. The molecule has 3 N–H and O–H groups in total. The predicted molar refractivity (Wildman–Crippen MR) is 63.0 cm³/mol. The highest BCUT2D eigenvalue weighted by Crippen LogP contribution is 2.20. The zero-order valence-electron chi connectivity index (χ0n) is 10.3. The minimum Gasteiger partial charge on any atom is -0.376 e. The maximum absolute atomic E-state index is 6.01.